The van der Waals surface area contributed by atoms with Crippen molar-refractivity contribution in [3.63, 3.8) is 0 Å². The molecular formula is C24H33N3O. The van der Waals surface area contributed by atoms with Gasteiger partial charge in [-0.05, 0) is 50.4 Å². The molecule has 5 rings (SSSR count). The fourth-order valence-corrected chi connectivity index (χ4v) is 5.57. The van der Waals surface area contributed by atoms with Gasteiger partial charge in [-0.25, -0.2) is 0 Å². The standard InChI is InChI=1S/C24H33N3O/c1-3-4-8-11-23-12-15-24(16-13-23,17-14-23)22-26-25-21(27(22)2)18-20(28)19-9-6-5-7-10-19/h5-7,9-10H,3-4,8,11-18H2,1-2H3. The van der Waals surface area contributed by atoms with Crippen LogP contribution in [0.5, 0.6) is 0 Å². The van der Waals surface area contributed by atoms with Crippen molar-refractivity contribution in [1.82, 2.24) is 14.8 Å². The number of nitrogens with zero attached hydrogens (tertiary/aromatic N) is 3. The van der Waals surface area contributed by atoms with Gasteiger partial charge in [0.25, 0.3) is 0 Å². The Morgan fingerprint density at radius 2 is 1.68 bits per heavy atom. The van der Waals surface area contributed by atoms with E-state index in [9.17, 15) is 4.79 Å². The summed E-state index contributed by atoms with van der Waals surface area (Å²) in [5, 5.41) is 9.05. The predicted molar refractivity (Wildman–Crippen MR) is 111 cm³/mol. The Kier molecular flexibility index (Phi) is 5.39. The maximum absolute atomic E-state index is 12.6. The zero-order valence-electron chi connectivity index (χ0n) is 17.4. The SMILES string of the molecule is CCCCCC12CCC(c3nnc(CC(=O)c4ccccc4)n3C)(CC1)CC2. The van der Waals surface area contributed by atoms with Crippen molar-refractivity contribution in [1.29, 1.82) is 0 Å². The monoisotopic (exact) mass is 379 g/mol. The summed E-state index contributed by atoms with van der Waals surface area (Å²) >= 11 is 0. The molecule has 0 atom stereocenters. The van der Waals surface area contributed by atoms with Crippen LogP contribution in [-0.4, -0.2) is 20.5 Å². The second-order valence-corrected chi connectivity index (χ2v) is 9.20. The lowest BCUT2D eigenvalue weighted by molar-refractivity contribution is 0.0249. The number of unbranched alkanes of at least 4 members (excludes halogenated alkanes) is 2. The molecule has 1 aromatic heterocycles. The van der Waals surface area contributed by atoms with E-state index in [2.05, 4.69) is 28.7 Å². The largest absolute Gasteiger partial charge is 0.317 e. The summed E-state index contributed by atoms with van der Waals surface area (Å²) in [4.78, 5) is 12.6. The molecular weight excluding hydrogens is 346 g/mol. The molecule has 4 nitrogen and oxygen atoms in total. The van der Waals surface area contributed by atoms with Gasteiger partial charge in [0.1, 0.15) is 11.6 Å². The Hall–Kier alpha value is -1.97. The maximum atomic E-state index is 12.6. The van der Waals surface area contributed by atoms with Crippen LogP contribution in [0.15, 0.2) is 30.3 Å². The van der Waals surface area contributed by atoms with Crippen LogP contribution >= 0.6 is 0 Å². The molecule has 1 heterocycles. The Labute approximate surface area is 168 Å². The lowest BCUT2D eigenvalue weighted by Gasteiger charge is -2.53. The summed E-state index contributed by atoms with van der Waals surface area (Å²) in [5.74, 6) is 2.02. The molecule has 0 aliphatic heterocycles. The minimum atomic E-state index is 0.113. The number of fused-ring (bicyclic) bond motifs is 3. The molecule has 1 aromatic carbocycles. The van der Waals surface area contributed by atoms with Gasteiger partial charge in [-0.1, -0.05) is 56.5 Å². The van der Waals surface area contributed by atoms with Gasteiger partial charge < -0.3 is 4.57 Å². The number of Topliss-reactive ketones (excluding diaryl/α,β-unsaturated/α-hetero) is 1. The van der Waals surface area contributed by atoms with E-state index < -0.39 is 0 Å². The molecule has 2 aromatic rings. The van der Waals surface area contributed by atoms with Crippen molar-refractivity contribution < 1.29 is 4.79 Å². The average Bonchev–Trinajstić information content (AvgIpc) is 3.11. The number of benzene rings is 1. The Bertz CT molecular complexity index is 799. The first-order valence-corrected chi connectivity index (χ1v) is 11.0. The van der Waals surface area contributed by atoms with E-state index >= 15 is 0 Å². The van der Waals surface area contributed by atoms with Crippen molar-refractivity contribution in [3.8, 4) is 0 Å². The molecule has 0 radical (unpaired) electrons. The second-order valence-electron chi connectivity index (χ2n) is 9.20. The van der Waals surface area contributed by atoms with Crippen LogP contribution in [0.1, 0.15) is 93.1 Å². The topological polar surface area (TPSA) is 47.8 Å². The van der Waals surface area contributed by atoms with Crippen LogP contribution in [-0.2, 0) is 18.9 Å². The molecule has 3 fully saturated rings. The normalized spacial score (nSPS) is 26.5. The average molecular weight is 380 g/mol. The number of ketones is 1. The molecule has 28 heavy (non-hydrogen) atoms. The van der Waals surface area contributed by atoms with Crippen molar-refractivity contribution in [2.45, 2.75) is 83.0 Å². The van der Waals surface area contributed by atoms with E-state index in [0.29, 0.717) is 11.8 Å². The Morgan fingerprint density at radius 3 is 2.32 bits per heavy atom. The van der Waals surface area contributed by atoms with Crippen molar-refractivity contribution >= 4 is 5.78 Å². The molecule has 150 valence electrons. The first-order valence-electron chi connectivity index (χ1n) is 11.0. The van der Waals surface area contributed by atoms with Gasteiger partial charge in [0, 0.05) is 18.0 Å². The van der Waals surface area contributed by atoms with Gasteiger partial charge in [-0.3, -0.25) is 4.79 Å². The van der Waals surface area contributed by atoms with Gasteiger partial charge in [0.05, 0.1) is 6.42 Å². The zero-order chi connectivity index (χ0) is 19.6. The van der Waals surface area contributed by atoms with Crippen molar-refractivity contribution in [2.75, 3.05) is 0 Å². The molecule has 2 bridgehead atoms. The van der Waals surface area contributed by atoms with Crippen molar-refractivity contribution in [2.24, 2.45) is 12.5 Å². The van der Waals surface area contributed by atoms with Gasteiger partial charge in [0.2, 0.25) is 0 Å². The summed E-state index contributed by atoms with van der Waals surface area (Å²) < 4.78 is 2.12. The third kappa shape index (κ3) is 3.54. The van der Waals surface area contributed by atoms with Crippen molar-refractivity contribution in [3.05, 3.63) is 47.5 Å². The number of aromatic nitrogens is 3. The lowest BCUT2D eigenvalue weighted by Crippen LogP contribution is -2.45. The molecule has 0 N–H and O–H groups in total. The first-order chi connectivity index (χ1) is 13.6. The Balaban J connectivity index is 1.46. The Morgan fingerprint density at radius 1 is 1.00 bits per heavy atom. The zero-order valence-corrected chi connectivity index (χ0v) is 17.4. The van der Waals surface area contributed by atoms with E-state index in [4.69, 9.17) is 0 Å². The van der Waals surface area contributed by atoms with E-state index in [0.717, 1.165) is 17.2 Å². The van der Waals surface area contributed by atoms with E-state index in [-0.39, 0.29) is 11.2 Å². The molecule has 0 spiro atoms. The molecule has 0 unspecified atom stereocenters. The van der Waals surface area contributed by atoms with Gasteiger partial charge in [-0.15, -0.1) is 10.2 Å². The predicted octanol–water partition coefficient (Wildman–Crippen LogP) is 5.41. The minimum Gasteiger partial charge on any atom is -0.317 e. The minimum absolute atomic E-state index is 0.113. The summed E-state index contributed by atoms with van der Waals surface area (Å²) in [6.07, 6.45) is 13.5. The molecule has 3 aliphatic rings. The fraction of sp³-hybridized carbons (Fsp3) is 0.625. The third-order valence-electron chi connectivity index (χ3n) is 7.57. The van der Waals surface area contributed by atoms with Crippen LogP contribution in [0, 0.1) is 5.41 Å². The van der Waals surface area contributed by atoms with E-state index in [1.54, 1.807) is 0 Å². The van der Waals surface area contributed by atoms with Crippen LogP contribution in [0.2, 0.25) is 0 Å². The molecule has 3 aliphatic carbocycles. The lowest BCUT2D eigenvalue weighted by atomic mass is 9.52. The first kappa shape index (κ1) is 19.4. The fourth-order valence-electron chi connectivity index (χ4n) is 5.57. The maximum Gasteiger partial charge on any atom is 0.170 e. The molecule has 4 heteroatoms. The summed E-state index contributed by atoms with van der Waals surface area (Å²) in [7, 11) is 2.05. The van der Waals surface area contributed by atoms with Crippen LogP contribution in [0.3, 0.4) is 0 Å². The summed E-state index contributed by atoms with van der Waals surface area (Å²) in [6, 6.07) is 9.50. The van der Waals surface area contributed by atoms with Crippen LogP contribution in [0.4, 0.5) is 0 Å². The highest BCUT2D eigenvalue weighted by Gasteiger charge is 2.51. The smallest absolute Gasteiger partial charge is 0.170 e. The summed E-state index contributed by atoms with van der Waals surface area (Å²) in [6.45, 7) is 2.29. The third-order valence-corrected chi connectivity index (χ3v) is 7.57. The van der Waals surface area contributed by atoms with Crippen LogP contribution < -0.4 is 0 Å². The number of hydrogen-bond donors (Lipinski definition) is 0. The highest BCUT2D eigenvalue weighted by molar-refractivity contribution is 5.97. The van der Waals surface area contributed by atoms with Gasteiger partial charge >= 0.3 is 0 Å². The molecule has 3 saturated carbocycles. The highest BCUT2D eigenvalue weighted by atomic mass is 16.1. The summed E-state index contributed by atoms with van der Waals surface area (Å²) in [5.41, 5.74) is 1.53. The number of carbonyl (C=O) groups excluding carboxylic acids is 1. The highest BCUT2D eigenvalue weighted by Crippen LogP contribution is 2.59. The number of carbonyl (C=O) groups is 1. The number of rotatable bonds is 8. The second kappa shape index (κ2) is 7.81. The van der Waals surface area contributed by atoms with Gasteiger partial charge in [-0.2, -0.15) is 0 Å². The molecule has 0 saturated heterocycles. The van der Waals surface area contributed by atoms with Gasteiger partial charge in [0.15, 0.2) is 5.78 Å². The van der Waals surface area contributed by atoms with E-state index in [1.165, 1.54) is 64.2 Å². The number of hydrogen-bond acceptors (Lipinski definition) is 3. The van der Waals surface area contributed by atoms with E-state index in [1.807, 2.05) is 30.3 Å². The molecule has 0 amide bonds. The quantitative estimate of drug-likeness (QED) is 0.455. The van der Waals surface area contributed by atoms with Crippen LogP contribution in [0.25, 0.3) is 0 Å².